The molecule has 0 amide bonds. The van der Waals surface area contributed by atoms with E-state index in [4.69, 9.17) is 21.3 Å². The SMILES string of the molecule is C1CCNC1.CCOc1ccccc1-c1ccc2c(n1)CN(C)CC21CCN(c2ncc(Cl)cc2C#N)CC1CC. The number of hydrogen-bond acceptors (Lipinski definition) is 7. The van der Waals surface area contributed by atoms with Crippen molar-refractivity contribution in [3.8, 4) is 23.1 Å². The van der Waals surface area contributed by atoms with Gasteiger partial charge in [0.25, 0.3) is 0 Å². The van der Waals surface area contributed by atoms with Gasteiger partial charge < -0.3 is 15.0 Å². The zero-order valence-corrected chi connectivity index (χ0v) is 25.3. The van der Waals surface area contributed by atoms with Crippen LogP contribution in [0.1, 0.15) is 56.4 Å². The van der Waals surface area contributed by atoms with Crippen LogP contribution in [0.3, 0.4) is 0 Å². The van der Waals surface area contributed by atoms with Gasteiger partial charge in [-0.25, -0.2) is 4.98 Å². The van der Waals surface area contributed by atoms with Crippen molar-refractivity contribution < 1.29 is 4.74 Å². The summed E-state index contributed by atoms with van der Waals surface area (Å²) in [5, 5.41) is 13.4. The normalized spacial score (nSPS) is 22.0. The summed E-state index contributed by atoms with van der Waals surface area (Å²) in [4.78, 5) is 14.4. The van der Waals surface area contributed by atoms with Crippen LogP contribution in [0.25, 0.3) is 11.3 Å². The zero-order chi connectivity index (χ0) is 28.8. The van der Waals surface area contributed by atoms with E-state index in [1.807, 2.05) is 25.1 Å². The number of nitrogens with zero attached hydrogens (tertiary/aromatic N) is 5. The van der Waals surface area contributed by atoms with Crippen molar-refractivity contribution in [1.82, 2.24) is 20.2 Å². The van der Waals surface area contributed by atoms with E-state index in [2.05, 4.69) is 58.3 Å². The highest BCUT2D eigenvalue weighted by Crippen LogP contribution is 2.47. The number of nitrogens with one attached hydrogen (secondary N) is 1. The highest BCUT2D eigenvalue weighted by molar-refractivity contribution is 6.30. The molecule has 2 saturated heterocycles. The molecule has 3 aliphatic heterocycles. The maximum absolute atomic E-state index is 9.68. The summed E-state index contributed by atoms with van der Waals surface area (Å²) in [5.41, 5.74) is 5.06. The highest BCUT2D eigenvalue weighted by atomic mass is 35.5. The predicted molar refractivity (Wildman–Crippen MR) is 166 cm³/mol. The van der Waals surface area contributed by atoms with E-state index in [0.29, 0.717) is 23.1 Å². The van der Waals surface area contributed by atoms with Crippen LogP contribution < -0.4 is 15.0 Å². The molecule has 2 aromatic heterocycles. The number of rotatable bonds is 5. The first-order valence-electron chi connectivity index (χ1n) is 14.9. The van der Waals surface area contributed by atoms with E-state index in [-0.39, 0.29) is 5.41 Å². The highest BCUT2D eigenvalue weighted by Gasteiger charge is 2.48. The number of fused-ring (bicyclic) bond motifs is 2. The van der Waals surface area contributed by atoms with Crippen LogP contribution in [-0.4, -0.2) is 61.2 Å². The van der Waals surface area contributed by atoms with Gasteiger partial charge in [0.1, 0.15) is 17.6 Å². The Balaban J connectivity index is 0.000000610. The lowest BCUT2D eigenvalue weighted by Gasteiger charge is -2.52. The Hall–Kier alpha value is -3.18. The second-order valence-corrected chi connectivity index (χ2v) is 11.8. The topological polar surface area (TPSA) is 77.3 Å². The number of aromatic nitrogens is 2. The first kappa shape index (κ1) is 29.3. The fourth-order valence-corrected chi connectivity index (χ4v) is 6.96. The molecule has 1 aromatic carbocycles. The molecule has 3 aromatic rings. The minimum absolute atomic E-state index is 0.0117. The van der Waals surface area contributed by atoms with Crippen molar-refractivity contribution in [3.63, 3.8) is 0 Å². The average molecular weight is 573 g/mol. The monoisotopic (exact) mass is 572 g/mol. The molecule has 7 nitrogen and oxygen atoms in total. The number of anilines is 1. The van der Waals surface area contributed by atoms with E-state index < -0.39 is 0 Å². The summed E-state index contributed by atoms with van der Waals surface area (Å²) in [6.07, 6.45) is 6.43. The minimum Gasteiger partial charge on any atom is -0.493 e. The number of para-hydroxylation sites is 1. The Kier molecular flexibility index (Phi) is 9.44. The lowest BCUT2D eigenvalue weighted by atomic mass is 9.62. The molecule has 3 aliphatic rings. The number of benzene rings is 1. The van der Waals surface area contributed by atoms with Crippen LogP contribution in [0.5, 0.6) is 5.75 Å². The van der Waals surface area contributed by atoms with Gasteiger partial charge in [0.15, 0.2) is 0 Å². The molecule has 1 spiro atoms. The van der Waals surface area contributed by atoms with E-state index in [9.17, 15) is 5.26 Å². The first-order chi connectivity index (χ1) is 20.0. The van der Waals surface area contributed by atoms with Crippen molar-refractivity contribution >= 4 is 17.4 Å². The Bertz CT molecular complexity index is 1380. The number of ether oxygens (including phenoxy) is 1. The number of halogens is 1. The van der Waals surface area contributed by atoms with Crippen LogP contribution in [0.15, 0.2) is 48.7 Å². The number of likely N-dealkylation sites (N-methyl/N-ethyl adjacent to an activating group) is 1. The fourth-order valence-electron chi connectivity index (χ4n) is 6.80. The van der Waals surface area contributed by atoms with Gasteiger partial charge in [-0.1, -0.05) is 43.1 Å². The molecule has 0 saturated carbocycles. The molecule has 6 rings (SSSR count). The van der Waals surface area contributed by atoms with Crippen molar-refractivity contribution in [3.05, 3.63) is 70.5 Å². The maximum Gasteiger partial charge on any atom is 0.146 e. The fraction of sp³-hybridized carbons (Fsp3) is 0.485. The van der Waals surface area contributed by atoms with Crippen molar-refractivity contribution in [2.75, 3.05) is 51.3 Å². The van der Waals surface area contributed by atoms with Gasteiger partial charge in [0.05, 0.1) is 28.6 Å². The second-order valence-electron chi connectivity index (χ2n) is 11.3. The number of hydrogen-bond donors (Lipinski definition) is 1. The Morgan fingerprint density at radius 2 is 1.98 bits per heavy atom. The molecule has 2 fully saturated rings. The van der Waals surface area contributed by atoms with Crippen LogP contribution in [-0.2, 0) is 12.0 Å². The maximum atomic E-state index is 9.68. The molecule has 0 aliphatic carbocycles. The Morgan fingerprint density at radius 3 is 2.68 bits per heavy atom. The van der Waals surface area contributed by atoms with Crippen molar-refractivity contribution in [2.24, 2.45) is 5.92 Å². The lowest BCUT2D eigenvalue weighted by Crippen LogP contribution is -2.57. The summed E-state index contributed by atoms with van der Waals surface area (Å²) < 4.78 is 5.89. The van der Waals surface area contributed by atoms with Crippen molar-refractivity contribution in [2.45, 2.75) is 51.5 Å². The van der Waals surface area contributed by atoms with E-state index in [0.717, 1.165) is 67.5 Å². The van der Waals surface area contributed by atoms with Gasteiger partial charge in [-0.15, -0.1) is 0 Å². The largest absolute Gasteiger partial charge is 0.493 e. The summed E-state index contributed by atoms with van der Waals surface area (Å²) in [5.74, 6) is 2.01. The average Bonchev–Trinajstić information content (AvgIpc) is 3.58. The van der Waals surface area contributed by atoms with Crippen molar-refractivity contribution in [1.29, 1.82) is 5.26 Å². The Labute approximate surface area is 249 Å². The zero-order valence-electron chi connectivity index (χ0n) is 24.5. The molecule has 41 heavy (non-hydrogen) atoms. The van der Waals surface area contributed by atoms with E-state index in [1.54, 1.807) is 12.3 Å². The van der Waals surface area contributed by atoms with Gasteiger partial charge in [-0.2, -0.15) is 5.26 Å². The molecular formula is C33H41ClN6O. The molecule has 1 N–H and O–H groups in total. The first-order valence-corrected chi connectivity index (χ1v) is 15.3. The van der Waals surface area contributed by atoms with E-state index >= 15 is 0 Å². The quantitative estimate of drug-likeness (QED) is 0.398. The molecule has 2 atom stereocenters. The summed E-state index contributed by atoms with van der Waals surface area (Å²) in [6.45, 7) is 10.9. The molecule has 216 valence electrons. The van der Waals surface area contributed by atoms with Crippen LogP contribution >= 0.6 is 11.6 Å². The smallest absolute Gasteiger partial charge is 0.146 e. The summed E-state index contributed by atoms with van der Waals surface area (Å²) in [7, 11) is 2.20. The number of piperidine rings is 1. The number of nitriles is 1. The van der Waals surface area contributed by atoms with Crippen LogP contribution in [0, 0.1) is 17.2 Å². The third-order valence-electron chi connectivity index (χ3n) is 8.70. The van der Waals surface area contributed by atoms with Gasteiger partial charge in [0.2, 0.25) is 0 Å². The minimum atomic E-state index is 0.0117. The van der Waals surface area contributed by atoms with Gasteiger partial charge in [-0.05, 0) is 82.1 Å². The van der Waals surface area contributed by atoms with Gasteiger partial charge >= 0.3 is 0 Å². The third-order valence-corrected chi connectivity index (χ3v) is 8.91. The van der Waals surface area contributed by atoms with Crippen LogP contribution in [0.2, 0.25) is 5.02 Å². The van der Waals surface area contributed by atoms with Gasteiger partial charge in [-0.3, -0.25) is 9.88 Å². The number of pyridine rings is 2. The molecule has 0 bridgehead atoms. The molecule has 0 radical (unpaired) electrons. The lowest BCUT2D eigenvalue weighted by molar-refractivity contribution is 0.121. The second kappa shape index (κ2) is 13.2. The summed E-state index contributed by atoms with van der Waals surface area (Å²) in [6, 6.07) is 16.6. The van der Waals surface area contributed by atoms with E-state index in [1.165, 1.54) is 31.5 Å². The van der Waals surface area contributed by atoms with Gasteiger partial charge in [0, 0.05) is 43.4 Å². The molecule has 2 unspecified atom stereocenters. The van der Waals surface area contributed by atoms with Crippen LogP contribution in [0.4, 0.5) is 5.82 Å². The molecule has 5 heterocycles. The third kappa shape index (κ3) is 6.21. The Morgan fingerprint density at radius 1 is 1.17 bits per heavy atom. The molecule has 8 heteroatoms. The molecular weight excluding hydrogens is 532 g/mol. The standard InChI is InChI=1S/C29H32ClN5O.C4H9N/c1-4-21-17-35(28-20(15-31)14-22(30)16-32-28)13-12-29(21)19-34(3)18-26-24(29)10-11-25(33-26)23-8-6-7-9-27(23)36-5-2;1-2-4-5-3-1/h6-11,14,16,21H,4-5,12-13,17-19H2,1-3H3;5H,1-4H2. The predicted octanol–water partition coefficient (Wildman–Crippen LogP) is 6.06. The summed E-state index contributed by atoms with van der Waals surface area (Å²) >= 11 is 6.11.